The van der Waals surface area contributed by atoms with Gasteiger partial charge in [0.15, 0.2) is 5.11 Å². The second-order valence-corrected chi connectivity index (χ2v) is 6.08. The van der Waals surface area contributed by atoms with Crippen molar-refractivity contribution in [3.05, 3.63) is 77.1 Å². The molecule has 0 aliphatic heterocycles. The number of nitrogens with one attached hydrogen (secondary N) is 2. The van der Waals surface area contributed by atoms with Crippen LogP contribution in [-0.2, 0) is 6.54 Å². The molecule has 0 radical (unpaired) electrons. The fourth-order valence-corrected chi connectivity index (χ4v) is 2.62. The highest BCUT2D eigenvalue weighted by atomic mass is 35.5. The van der Waals surface area contributed by atoms with Crippen LogP contribution in [0.3, 0.4) is 0 Å². The SMILES string of the molecule is Fc1cccc(Cn2cc(NC(=S)Nc3ccc(F)c(Cl)c3)cn2)c1. The van der Waals surface area contributed by atoms with Crippen molar-refractivity contribution >= 4 is 40.3 Å². The fraction of sp³-hybridized carbons (Fsp3) is 0.0588. The van der Waals surface area contributed by atoms with Gasteiger partial charge in [0.05, 0.1) is 23.5 Å². The summed E-state index contributed by atoms with van der Waals surface area (Å²) in [5.74, 6) is -0.781. The van der Waals surface area contributed by atoms with Crippen molar-refractivity contribution in [1.29, 1.82) is 0 Å². The van der Waals surface area contributed by atoms with E-state index in [1.807, 2.05) is 6.07 Å². The maximum absolute atomic E-state index is 13.2. The summed E-state index contributed by atoms with van der Waals surface area (Å²) in [5.41, 5.74) is 2.04. The molecule has 1 heterocycles. The lowest BCUT2D eigenvalue weighted by atomic mass is 10.2. The number of halogens is 3. The molecule has 2 N–H and O–H groups in total. The Labute approximate surface area is 153 Å². The lowest BCUT2D eigenvalue weighted by Gasteiger charge is -2.09. The number of hydrogen-bond acceptors (Lipinski definition) is 2. The lowest BCUT2D eigenvalue weighted by molar-refractivity contribution is 0.619. The molecule has 0 atom stereocenters. The Kier molecular flexibility index (Phi) is 5.25. The van der Waals surface area contributed by atoms with Gasteiger partial charge in [-0.15, -0.1) is 0 Å². The third kappa shape index (κ3) is 4.74. The second-order valence-electron chi connectivity index (χ2n) is 5.26. The quantitative estimate of drug-likeness (QED) is 0.647. The monoisotopic (exact) mass is 378 g/mol. The Morgan fingerprint density at radius 3 is 2.68 bits per heavy atom. The summed E-state index contributed by atoms with van der Waals surface area (Å²) in [7, 11) is 0. The van der Waals surface area contributed by atoms with Crippen LogP contribution in [0.5, 0.6) is 0 Å². The van der Waals surface area contributed by atoms with Crippen LogP contribution in [0.15, 0.2) is 54.9 Å². The van der Waals surface area contributed by atoms with E-state index < -0.39 is 5.82 Å². The molecule has 0 aliphatic carbocycles. The van der Waals surface area contributed by atoms with Crippen molar-refractivity contribution in [2.24, 2.45) is 0 Å². The van der Waals surface area contributed by atoms with Crippen LogP contribution < -0.4 is 10.6 Å². The van der Waals surface area contributed by atoms with Crippen LogP contribution in [0.2, 0.25) is 5.02 Å². The second kappa shape index (κ2) is 7.58. The van der Waals surface area contributed by atoms with Gasteiger partial charge in [-0.2, -0.15) is 5.10 Å². The van der Waals surface area contributed by atoms with E-state index >= 15 is 0 Å². The molecule has 0 bridgehead atoms. The summed E-state index contributed by atoms with van der Waals surface area (Å²) in [6.07, 6.45) is 3.35. The summed E-state index contributed by atoms with van der Waals surface area (Å²) < 4.78 is 28.0. The van der Waals surface area contributed by atoms with Gasteiger partial charge < -0.3 is 10.6 Å². The van der Waals surface area contributed by atoms with Crippen LogP contribution in [-0.4, -0.2) is 14.9 Å². The predicted octanol–water partition coefficient (Wildman–Crippen LogP) is 4.67. The Morgan fingerprint density at radius 2 is 1.92 bits per heavy atom. The molecule has 25 heavy (non-hydrogen) atoms. The zero-order valence-electron chi connectivity index (χ0n) is 12.8. The highest BCUT2D eigenvalue weighted by molar-refractivity contribution is 7.80. The highest BCUT2D eigenvalue weighted by Gasteiger charge is 2.05. The van der Waals surface area contributed by atoms with Crippen LogP contribution in [0.4, 0.5) is 20.2 Å². The van der Waals surface area contributed by atoms with Crippen LogP contribution >= 0.6 is 23.8 Å². The first-order valence-electron chi connectivity index (χ1n) is 7.29. The maximum atomic E-state index is 13.2. The van der Waals surface area contributed by atoms with Gasteiger partial charge in [0.1, 0.15) is 11.6 Å². The zero-order chi connectivity index (χ0) is 17.8. The molecular weight excluding hydrogens is 366 g/mol. The number of aromatic nitrogens is 2. The molecule has 3 rings (SSSR count). The van der Waals surface area contributed by atoms with Crippen molar-refractivity contribution in [2.75, 3.05) is 10.6 Å². The third-order valence-electron chi connectivity index (χ3n) is 3.30. The van der Waals surface area contributed by atoms with Crippen LogP contribution in [0, 0.1) is 11.6 Å². The van der Waals surface area contributed by atoms with Crippen LogP contribution in [0.1, 0.15) is 5.56 Å². The predicted molar refractivity (Wildman–Crippen MR) is 99.0 cm³/mol. The summed E-state index contributed by atoms with van der Waals surface area (Å²) in [6, 6.07) is 10.6. The average Bonchev–Trinajstić information content (AvgIpc) is 2.98. The van der Waals surface area contributed by atoms with Gasteiger partial charge in [-0.05, 0) is 48.1 Å². The third-order valence-corrected chi connectivity index (χ3v) is 3.80. The molecule has 2 aromatic carbocycles. The minimum atomic E-state index is -0.496. The topological polar surface area (TPSA) is 41.9 Å². The van der Waals surface area contributed by atoms with Gasteiger partial charge in [0.2, 0.25) is 0 Å². The zero-order valence-corrected chi connectivity index (χ0v) is 14.4. The molecule has 0 aliphatic rings. The minimum Gasteiger partial charge on any atom is -0.332 e. The molecule has 0 amide bonds. The first kappa shape index (κ1) is 17.3. The van der Waals surface area contributed by atoms with E-state index in [1.54, 1.807) is 23.1 Å². The maximum Gasteiger partial charge on any atom is 0.175 e. The number of nitrogens with zero attached hydrogens (tertiary/aromatic N) is 2. The molecule has 0 saturated carbocycles. The van der Waals surface area contributed by atoms with Crippen molar-refractivity contribution in [3.63, 3.8) is 0 Å². The average molecular weight is 379 g/mol. The number of rotatable bonds is 4. The largest absolute Gasteiger partial charge is 0.332 e. The Balaban J connectivity index is 1.60. The molecular formula is C17H13ClF2N4S. The van der Waals surface area contributed by atoms with E-state index in [9.17, 15) is 8.78 Å². The normalized spacial score (nSPS) is 10.5. The minimum absolute atomic E-state index is 0.00992. The molecule has 1 aromatic heterocycles. The summed E-state index contributed by atoms with van der Waals surface area (Å²) in [4.78, 5) is 0. The molecule has 0 spiro atoms. The number of benzene rings is 2. The van der Waals surface area contributed by atoms with E-state index in [0.29, 0.717) is 23.0 Å². The first-order chi connectivity index (χ1) is 12.0. The summed E-state index contributed by atoms with van der Waals surface area (Å²) in [5, 5.41) is 10.4. The number of thiocarbonyl (C=S) groups is 1. The molecule has 8 heteroatoms. The Bertz CT molecular complexity index is 913. The molecule has 0 fully saturated rings. The highest BCUT2D eigenvalue weighted by Crippen LogP contribution is 2.19. The van der Waals surface area contributed by atoms with Crippen molar-refractivity contribution in [2.45, 2.75) is 6.54 Å². The van der Waals surface area contributed by atoms with E-state index in [-0.39, 0.29) is 10.8 Å². The van der Waals surface area contributed by atoms with Gasteiger partial charge >= 0.3 is 0 Å². The number of hydrogen-bond donors (Lipinski definition) is 2. The summed E-state index contributed by atoms with van der Waals surface area (Å²) >= 11 is 10.9. The van der Waals surface area contributed by atoms with E-state index in [0.717, 1.165) is 5.56 Å². The molecule has 128 valence electrons. The standard InChI is InChI=1S/C17H13ClF2N4S/c18-15-7-13(4-5-16(15)20)22-17(25)23-14-8-21-24(10-14)9-11-2-1-3-12(19)6-11/h1-8,10H,9H2,(H2,22,23,25). The van der Waals surface area contributed by atoms with E-state index in [4.69, 9.17) is 23.8 Å². The van der Waals surface area contributed by atoms with Gasteiger partial charge in [-0.1, -0.05) is 23.7 Å². The van der Waals surface area contributed by atoms with Gasteiger partial charge in [0, 0.05) is 11.9 Å². The summed E-state index contributed by atoms with van der Waals surface area (Å²) in [6.45, 7) is 0.438. The van der Waals surface area contributed by atoms with Crippen molar-refractivity contribution in [3.8, 4) is 0 Å². The van der Waals surface area contributed by atoms with E-state index in [2.05, 4.69) is 15.7 Å². The van der Waals surface area contributed by atoms with Gasteiger partial charge in [0.25, 0.3) is 0 Å². The van der Waals surface area contributed by atoms with Crippen molar-refractivity contribution < 1.29 is 8.78 Å². The van der Waals surface area contributed by atoms with Gasteiger partial charge in [-0.25, -0.2) is 8.78 Å². The first-order valence-corrected chi connectivity index (χ1v) is 8.08. The van der Waals surface area contributed by atoms with Crippen LogP contribution in [0.25, 0.3) is 0 Å². The lowest BCUT2D eigenvalue weighted by Crippen LogP contribution is -2.18. The Morgan fingerprint density at radius 1 is 1.12 bits per heavy atom. The van der Waals surface area contributed by atoms with Gasteiger partial charge in [-0.3, -0.25) is 4.68 Å². The molecule has 0 unspecified atom stereocenters. The smallest absolute Gasteiger partial charge is 0.175 e. The fourth-order valence-electron chi connectivity index (χ4n) is 2.20. The molecule has 0 saturated heterocycles. The molecule has 4 nitrogen and oxygen atoms in total. The van der Waals surface area contributed by atoms with Crippen molar-refractivity contribution in [1.82, 2.24) is 9.78 Å². The number of anilines is 2. The Hall–Kier alpha value is -2.51. The van der Waals surface area contributed by atoms with E-state index in [1.165, 1.54) is 30.3 Å². The molecule has 3 aromatic rings.